The highest BCUT2D eigenvalue weighted by Gasteiger charge is 2.09. The van der Waals surface area contributed by atoms with Gasteiger partial charge >= 0.3 is 0 Å². The number of amides is 1. The number of nitrogens with one attached hydrogen (secondary N) is 3. The van der Waals surface area contributed by atoms with Crippen LogP contribution in [0.2, 0.25) is 0 Å². The zero-order valence-electron chi connectivity index (χ0n) is 9.72. The molecule has 5 nitrogen and oxygen atoms in total. The molecule has 0 bridgehead atoms. The second-order valence-corrected chi connectivity index (χ2v) is 4.16. The number of thiocarbonyl (C=S) groups is 1. The van der Waals surface area contributed by atoms with E-state index in [1.807, 2.05) is 24.3 Å². The molecule has 0 aromatic heterocycles. The Balaban J connectivity index is 1.89. The van der Waals surface area contributed by atoms with Gasteiger partial charge in [0.2, 0.25) is 6.41 Å². The highest BCUT2D eigenvalue weighted by atomic mass is 32.1. The molecule has 1 heterocycles. The Labute approximate surface area is 111 Å². The fraction of sp³-hybridized carbons (Fsp3) is 0.167. The quantitative estimate of drug-likeness (QED) is 0.331. The number of benzene rings is 1. The van der Waals surface area contributed by atoms with E-state index in [0.717, 1.165) is 24.5 Å². The fourth-order valence-electron chi connectivity index (χ4n) is 1.60. The van der Waals surface area contributed by atoms with E-state index in [2.05, 4.69) is 33.2 Å². The first-order chi connectivity index (χ1) is 8.79. The smallest absolute Gasteiger partial charge is 0.225 e. The number of hydrogen-bond donors (Lipinski definition) is 3. The van der Waals surface area contributed by atoms with E-state index in [0.29, 0.717) is 11.5 Å². The first-order valence-corrected chi connectivity index (χ1v) is 5.96. The van der Waals surface area contributed by atoms with Crippen LogP contribution in [-0.2, 0) is 4.79 Å². The van der Waals surface area contributed by atoms with Gasteiger partial charge in [0.05, 0.1) is 5.69 Å². The Kier molecular flexibility index (Phi) is 4.14. The number of anilines is 2. The second-order valence-electron chi connectivity index (χ2n) is 3.77. The average molecular weight is 262 g/mol. The van der Waals surface area contributed by atoms with Crippen LogP contribution < -0.4 is 16.2 Å². The molecule has 94 valence electrons. The molecule has 6 heteroatoms. The molecule has 1 aliphatic rings. The minimum absolute atomic E-state index is 0.585. The van der Waals surface area contributed by atoms with Crippen LogP contribution in [0.4, 0.5) is 11.4 Å². The predicted molar refractivity (Wildman–Crippen MR) is 76.2 cm³/mol. The van der Waals surface area contributed by atoms with Crippen molar-refractivity contribution in [2.75, 3.05) is 23.8 Å². The van der Waals surface area contributed by atoms with Gasteiger partial charge in [-0.3, -0.25) is 15.6 Å². The molecule has 3 N–H and O–H groups in total. The molecular weight excluding hydrogens is 248 g/mol. The van der Waals surface area contributed by atoms with Gasteiger partial charge in [-0.1, -0.05) is 12.2 Å². The highest BCUT2D eigenvalue weighted by Crippen LogP contribution is 2.14. The lowest BCUT2D eigenvalue weighted by Crippen LogP contribution is -2.32. The lowest BCUT2D eigenvalue weighted by molar-refractivity contribution is -0.109. The van der Waals surface area contributed by atoms with Crippen LogP contribution in [0.5, 0.6) is 0 Å². The van der Waals surface area contributed by atoms with Crippen molar-refractivity contribution in [2.45, 2.75) is 0 Å². The van der Waals surface area contributed by atoms with E-state index in [-0.39, 0.29) is 0 Å². The Morgan fingerprint density at radius 1 is 1.17 bits per heavy atom. The van der Waals surface area contributed by atoms with E-state index in [4.69, 9.17) is 12.2 Å². The van der Waals surface area contributed by atoms with E-state index < -0.39 is 0 Å². The summed E-state index contributed by atoms with van der Waals surface area (Å²) in [6, 6.07) is 7.49. The highest BCUT2D eigenvalue weighted by molar-refractivity contribution is 7.80. The van der Waals surface area contributed by atoms with E-state index in [9.17, 15) is 4.79 Å². The summed E-state index contributed by atoms with van der Waals surface area (Å²) >= 11 is 5.30. The molecule has 0 spiro atoms. The largest absolute Gasteiger partial charge is 0.342 e. The van der Waals surface area contributed by atoms with Gasteiger partial charge in [0.25, 0.3) is 0 Å². The van der Waals surface area contributed by atoms with Crippen LogP contribution >= 0.6 is 12.2 Å². The summed E-state index contributed by atoms with van der Waals surface area (Å²) in [4.78, 5) is 12.2. The topological polar surface area (TPSA) is 56.4 Å². The third-order valence-corrected chi connectivity index (χ3v) is 2.88. The van der Waals surface area contributed by atoms with E-state index in [1.165, 1.54) is 0 Å². The van der Waals surface area contributed by atoms with Crippen LogP contribution in [0, 0.1) is 0 Å². The normalized spacial score (nSPS) is 13.2. The van der Waals surface area contributed by atoms with Gasteiger partial charge in [-0.2, -0.15) is 0 Å². The Bertz CT molecular complexity index is 450. The van der Waals surface area contributed by atoms with Crippen molar-refractivity contribution in [2.24, 2.45) is 0 Å². The molecule has 1 aromatic carbocycles. The molecule has 2 rings (SSSR count). The molecule has 0 atom stereocenters. The van der Waals surface area contributed by atoms with Crippen LogP contribution in [0.25, 0.3) is 0 Å². The summed E-state index contributed by atoms with van der Waals surface area (Å²) in [5.41, 5.74) is 6.83. The number of rotatable bonds is 4. The molecule has 0 fully saturated rings. The van der Waals surface area contributed by atoms with Crippen molar-refractivity contribution in [3.63, 3.8) is 0 Å². The van der Waals surface area contributed by atoms with Crippen LogP contribution in [-0.4, -0.2) is 29.5 Å². The third kappa shape index (κ3) is 3.21. The van der Waals surface area contributed by atoms with Gasteiger partial charge in [-0.25, -0.2) is 0 Å². The van der Waals surface area contributed by atoms with Gasteiger partial charge in [-0.05, 0) is 36.5 Å². The van der Waals surface area contributed by atoms with Crippen LogP contribution in [0.1, 0.15) is 0 Å². The van der Waals surface area contributed by atoms with Crippen molar-refractivity contribution in [3.8, 4) is 0 Å². The molecule has 0 unspecified atom stereocenters. The first kappa shape index (κ1) is 12.4. The molecule has 0 aliphatic carbocycles. The lowest BCUT2D eigenvalue weighted by atomic mass is 10.3. The SMILES string of the molecule is O=CNNc1ccc(NC(=S)N2CC=CC2)cc1. The Morgan fingerprint density at radius 2 is 1.78 bits per heavy atom. The van der Waals surface area contributed by atoms with Crippen molar-refractivity contribution in [1.82, 2.24) is 10.3 Å². The van der Waals surface area contributed by atoms with Gasteiger partial charge in [0.1, 0.15) is 0 Å². The fourth-order valence-corrected chi connectivity index (χ4v) is 1.86. The minimum Gasteiger partial charge on any atom is -0.342 e. The van der Waals surface area contributed by atoms with Crippen LogP contribution in [0.15, 0.2) is 36.4 Å². The number of carbonyl (C=O) groups is 1. The summed E-state index contributed by atoms with van der Waals surface area (Å²) in [7, 11) is 0. The van der Waals surface area contributed by atoms with Crippen molar-refractivity contribution >= 4 is 35.1 Å². The lowest BCUT2D eigenvalue weighted by Gasteiger charge is -2.19. The molecule has 0 radical (unpaired) electrons. The average Bonchev–Trinajstić information content (AvgIpc) is 2.92. The van der Waals surface area contributed by atoms with Crippen molar-refractivity contribution < 1.29 is 4.79 Å². The van der Waals surface area contributed by atoms with Gasteiger partial charge in [0.15, 0.2) is 5.11 Å². The summed E-state index contributed by atoms with van der Waals surface area (Å²) in [6.45, 7) is 1.71. The summed E-state index contributed by atoms with van der Waals surface area (Å²) in [5, 5.41) is 3.88. The molecule has 1 aromatic rings. The van der Waals surface area contributed by atoms with Gasteiger partial charge < -0.3 is 10.2 Å². The standard InChI is InChI=1S/C12H14N4OS/c17-9-13-15-11-5-3-10(4-6-11)14-12(18)16-7-1-2-8-16/h1-6,9,15H,7-8H2,(H,13,17)(H,14,18). The first-order valence-electron chi connectivity index (χ1n) is 5.56. The number of hydrazine groups is 1. The van der Waals surface area contributed by atoms with E-state index in [1.54, 1.807) is 0 Å². The summed E-state index contributed by atoms with van der Waals surface area (Å²) in [6.07, 6.45) is 4.76. The maximum Gasteiger partial charge on any atom is 0.225 e. The maximum atomic E-state index is 10.1. The molecule has 0 saturated heterocycles. The molecular formula is C12H14N4OS. The number of carbonyl (C=O) groups excluding carboxylic acids is 1. The molecule has 18 heavy (non-hydrogen) atoms. The van der Waals surface area contributed by atoms with Gasteiger partial charge in [0, 0.05) is 18.8 Å². The molecule has 0 saturated carbocycles. The molecule has 1 aliphatic heterocycles. The monoisotopic (exact) mass is 262 g/mol. The number of nitrogens with zero attached hydrogens (tertiary/aromatic N) is 1. The van der Waals surface area contributed by atoms with Crippen molar-refractivity contribution in [1.29, 1.82) is 0 Å². The molecule has 1 amide bonds. The predicted octanol–water partition coefficient (Wildman–Crippen LogP) is 1.33. The third-order valence-electron chi connectivity index (χ3n) is 2.52. The maximum absolute atomic E-state index is 10.1. The van der Waals surface area contributed by atoms with Gasteiger partial charge in [-0.15, -0.1) is 0 Å². The Hall–Kier alpha value is -2.08. The number of hydrogen-bond acceptors (Lipinski definition) is 3. The Morgan fingerprint density at radius 3 is 2.39 bits per heavy atom. The zero-order chi connectivity index (χ0) is 12.8. The minimum atomic E-state index is 0.585. The van der Waals surface area contributed by atoms with E-state index >= 15 is 0 Å². The second kappa shape index (κ2) is 6.02. The van der Waals surface area contributed by atoms with Crippen molar-refractivity contribution in [3.05, 3.63) is 36.4 Å². The van der Waals surface area contributed by atoms with Crippen LogP contribution in [0.3, 0.4) is 0 Å². The zero-order valence-corrected chi connectivity index (χ0v) is 10.5. The summed E-state index contributed by atoms with van der Waals surface area (Å²) in [5.74, 6) is 0. The summed E-state index contributed by atoms with van der Waals surface area (Å²) < 4.78 is 0.